The lowest BCUT2D eigenvalue weighted by atomic mass is 10.2. The third kappa shape index (κ3) is 0.830. The molecule has 1 aromatic carbocycles. The van der Waals surface area contributed by atoms with Crippen LogP contribution in [0.2, 0.25) is 0 Å². The molecule has 7 heteroatoms. The van der Waals surface area contributed by atoms with E-state index in [2.05, 4.69) is 0 Å². The van der Waals surface area contributed by atoms with Gasteiger partial charge in [0, 0.05) is 6.07 Å². The van der Waals surface area contributed by atoms with Gasteiger partial charge in [0.2, 0.25) is 0 Å². The largest absolute Gasteiger partial charge is 0.504 e. The number of nitrogens with one attached hydrogen (secondary N) is 1. The Morgan fingerprint density at radius 3 is 2.71 bits per heavy atom. The molecule has 1 aromatic heterocycles. The molecule has 0 radical (unpaired) electrons. The Labute approximate surface area is 76.6 Å². The maximum Gasteiger partial charge on any atom is 0.276 e. The van der Waals surface area contributed by atoms with Gasteiger partial charge in [0.25, 0.3) is 5.56 Å². The Balaban J connectivity index is 3.09. The molecule has 0 saturated heterocycles. The summed E-state index contributed by atoms with van der Waals surface area (Å²) in [6, 6.07) is 1.03. The van der Waals surface area contributed by atoms with Crippen LogP contribution in [0.1, 0.15) is 0 Å². The molecule has 74 valence electrons. The summed E-state index contributed by atoms with van der Waals surface area (Å²) >= 11 is 0. The lowest BCUT2D eigenvalue weighted by Crippen LogP contribution is -2.03. The van der Waals surface area contributed by atoms with Crippen molar-refractivity contribution in [1.29, 1.82) is 0 Å². The van der Waals surface area contributed by atoms with E-state index in [1.54, 1.807) is 0 Å². The molecule has 7 nitrogen and oxygen atoms in total. The Morgan fingerprint density at radius 2 is 2.07 bits per heavy atom. The van der Waals surface area contributed by atoms with Gasteiger partial charge >= 0.3 is 0 Å². The maximum atomic E-state index is 11.2. The summed E-state index contributed by atoms with van der Waals surface area (Å²) in [6.45, 7) is 0. The first-order valence-electron chi connectivity index (χ1n) is 3.66. The van der Waals surface area contributed by atoms with Crippen molar-refractivity contribution in [2.75, 3.05) is 5.73 Å². The Hall–Kier alpha value is -2.31. The van der Waals surface area contributed by atoms with Gasteiger partial charge in [0.1, 0.15) is 5.52 Å². The average Bonchev–Trinajstić information content (AvgIpc) is 2.38. The highest BCUT2D eigenvalue weighted by Crippen LogP contribution is 2.35. The second-order valence-corrected chi connectivity index (χ2v) is 2.80. The van der Waals surface area contributed by atoms with Crippen LogP contribution in [0.15, 0.2) is 10.9 Å². The van der Waals surface area contributed by atoms with E-state index >= 15 is 0 Å². The number of H-pyrrole nitrogens is 1. The van der Waals surface area contributed by atoms with E-state index in [9.17, 15) is 9.90 Å². The third-order valence-electron chi connectivity index (χ3n) is 1.96. The van der Waals surface area contributed by atoms with Crippen molar-refractivity contribution in [2.45, 2.75) is 0 Å². The van der Waals surface area contributed by atoms with E-state index in [0.29, 0.717) is 4.85 Å². The van der Waals surface area contributed by atoms with Crippen LogP contribution in [0.5, 0.6) is 11.5 Å². The Bertz CT molecular complexity index is 568. The second-order valence-electron chi connectivity index (χ2n) is 2.80. The van der Waals surface area contributed by atoms with E-state index < -0.39 is 17.1 Å². The summed E-state index contributed by atoms with van der Waals surface area (Å²) in [5.41, 5.74) is 4.47. The molecule has 0 amide bonds. The number of nitrogens with zero attached hydrogens (tertiary/aromatic N) is 1. The van der Waals surface area contributed by atoms with Gasteiger partial charge in [-0.3, -0.25) is 4.79 Å². The molecule has 0 aliphatic heterocycles. The maximum absolute atomic E-state index is 11.2. The molecular weight excluding hydrogens is 190 g/mol. The first kappa shape index (κ1) is 8.30. The lowest BCUT2D eigenvalue weighted by molar-refractivity contribution is 0.159. The summed E-state index contributed by atoms with van der Waals surface area (Å²) in [7, 11) is 0. The number of aromatic amines is 1. The Morgan fingerprint density at radius 1 is 1.43 bits per heavy atom. The van der Waals surface area contributed by atoms with E-state index in [4.69, 9.17) is 16.0 Å². The van der Waals surface area contributed by atoms with E-state index in [0.717, 1.165) is 6.07 Å². The van der Waals surface area contributed by atoms with Gasteiger partial charge in [-0.25, -0.2) is 5.10 Å². The highest BCUT2D eigenvalue weighted by Gasteiger charge is 2.15. The highest BCUT2D eigenvalue weighted by atomic mass is 16.5. The number of aromatic nitrogens is 2. The molecule has 0 unspecified atom stereocenters. The minimum Gasteiger partial charge on any atom is -0.504 e. The molecule has 0 saturated carbocycles. The summed E-state index contributed by atoms with van der Waals surface area (Å²) in [5.74, 6) is -1.08. The molecule has 1 heterocycles. The lowest BCUT2D eigenvalue weighted by Gasteiger charge is -2.02. The molecule has 6 N–H and O–H groups in total. The molecule has 0 atom stereocenters. The standard InChI is InChI=1S/C7H7N3O4/c8-5-4-2(1-3(11)6(5)12)10(14)9-7(4)13/h1,11-12,14H,8H2,(H,9,13). The summed E-state index contributed by atoms with van der Waals surface area (Å²) < 4.78 is 0. The summed E-state index contributed by atoms with van der Waals surface area (Å²) in [5, 5.41) is 29.5. The number of phenols is 2. The van der Waals surface area contributed by atoms with E-state index in [-0.39, 0.29) is 16.6 Å². The third-order valence-corrected chi connectivity index (χ3v) is 1.96. The van der Waals surface area contributed by atoms with Crippen LogP contribution >= 0.6 is 0 Å². The molecule has 0 aliphatic rings. The van der Waals surface area contributed by atoms with Gasteiger partial charge in [-0.05, 0) is 0 Å². The van der Waals surface area contributed by atoms with Crippen molar-refractivity contribution in [2.24, 2.45) is 0 Å². The molecule has 0 aliphatic carbocycles. The first-order valence-corrected chi connectivity index (χ1v) is 3.66. The predicted octanol–water partition coefficient (Wildman–Crippen LogP) is -0.440. The number of anilines is 1. The van der Waals surface area contributed by atoms with Crippen molar-refractivity contribution in [3.63, 3.8) is 0 Å². The molecule has 14 heavy (non-hydrogen) atoms. The minimum absolute atomic E-state index is 0.00259. The minimum atomic E-state index is -0.643. The second kappa shape index (κ2) is 2.34. The predicted molar refractivity (Wildman–Crippen MR) is 47.5 cm³/mol. The molecule has 0 bridgehead atoms. The SMILES string of the molecule is Nc1c(O)c(O)cc2c1c(=O)[nH]n2O. The number of fused-ring (bicyclic) bond motifs is 1. The van der Waals surface area contributed by atoms with Crippen molar-refractivity contribution < 1.29 is 15.4 Å². The van der Waals surface area contributed by atoms with Gasteiger partial charge < -0.3 is 21.2 Å². The van der Waals surface area contributed by atoms with E-state index in [1.807, 2.05) is 5.10 Å². The van der Waals surface area contributed by atoms with Crippen LogP contribution in [0.4, 0.5) is 5.69 Å². The van der Waals surface area contributed by atoms with Gasteiger partial charge in [0.05, 0.1) is 11.1 Å². The zero-order valence-electron chi connectivity index (χ0n) is 6.85. The zero-order valence-corrected chi connectivity index (χ0v) is 6.85. The number of benzene rings is 1. The molecule has 2 aromatic rings. The molecule has 0 fully saturated rings. The van der Waals surface area contributed by atoms with Crippen LogP contribution in [-0.2, 0) is 0 Å². The normalized spacial score (nSPS) is 10.9. The van der Waals surface area contributed by atoms with Crippen LogP contribution < -0.4 is 11.3 Å². The highest BCUT2D eigenvalue weighted by molar-refractivity contribution is 5.95. The number of phenolic OH excluding ortho intramolecular Hbond substituents is 2. The molecule has 0 spiro atoms. The fourth-order valence-electron chi connectivity index (χ4n) is 1.28. The first-order chi connectivity index (χ1) is 6.52. The average molecular weight is 197 g/mol. The van der Waals surface area contributed by atoms with Crippen molar-refractivity contribution in [1.82, 2.24) is 9.94 Å². The van der Waals surface area contributed by atoms with E-state index in [1.165, 1.54) is 0 Å². The van der Waals surface area contributed by atoms with Crippen LogP contribution in [0.25, 0.3) is 10.9 Å². The fourth-order valence-corrected chi connectivity index (χ4v) is 1.28. The number of nitrogen functional groups attached to an aromatic ring is 1. The monoisotopic (exact) mass is 197 g/mol. The van der Waals surface area contributed by atoms with Gasteiger partial charge in [-0.2, -0.15) is 0 Å². The zero-order chi connectivity index (χ0) is 10.5. The topological polar surface area (TPSA) is 125 Å². The quantitative estimate of drug-likeness (QED) is 0.222. The number of hydrogen-bond donors (Lipinski definition) is 5. The van der Waals surface area contributed by atoms with Gasteiger partial charge in [0.15, 0.2) is 11.5 Å². The van der Waals surface area contributed by atoms with Crippen LogP contribution in [0.3, 0.4) is 0 Å². The Kier molecular flexibility index (Phi) is 1.39. The number of hydrogen-bond acceptors (Lipinski definition) is 5. The van der Waals surface area contributed by atoms with Crippen molar-refractivity contribution >= 4 is 16.6 Å². The number of rotatable bonds is 0. The smallest absolute Gasteiger partial charge is 0.276 e. The summed E-state index contributed by atoms with van der Waals surface area (Å²) in [4.78, 5) is 11.6. The molecule has 2 rings (SSSR count). The number of nitrogens with two attached hydrogens (primary N) is 1. The van der Waals surface area contributed by atoms with Gasteiger partial charge in [-0.15, -0.1) is 4.85 Å². The van der Waals surface area contributed by atoms with Gasteiger partial charge in [-0.1, -0.05) is 0 Å². The van der Waals surface area contributed by atoms with Crippen molar-refractivity contribution in [3.05, 3.63) is 16.4 Å². The number of aromatic hydroxyl groups is 2. The fraction of sp³-hybridized carbons (Fsp3) is 0. The molecular formula is C7H7N3O4. The van der Waals surface area contributed by atoms with Crippen molar-refractivity contribution in [3.8, 4) is 11.5 Å². The van der Waals surface area contributed by atoms with Crippen LogP contribution in [-0.4, -0.2) is 25.4 Å². The van der Waals surface area contributed by atoms with Crippen LogP contribution in [0, 0.1) is 0 Å². The summed E-state index contributed by atoms with van der Waals surface area (Å²) in [6.07, 6.45) is 0.